The topological polar surface area (TPSA) is 110 Å². The smallest absolute Gasteiger partial charge is 0.320 e. The van der Waals surface area contributed by atoms with E-state index in [1.54, 1.807) is 14.1 Å². The Labute approximate surface area is 122 Å². The molecule has 0 radical (unpaired) electrons. The molecular formula is C12H20N4O5. The Hall–Kier alpha value is -2.32. The fraction of sp³-hybridized carbons (Fsp3) is 0.667. The molecule has 0 spiro atoms. The van der Waals surface area contributed by atoms with Crippen LogP contribution in [0.5, 0.6) is 0 Å². The summed E-state index contributed by atoms with van der Waals surface area (Å²) in [4.78, 5) is 50.2. The van der Waals surface area contributed by atoms with Crippen LogP contribution in [0.1, 0.15) is 6.42 Å². The number of urea groups is 1. The molecule has 0 aromatic rings. The van der Waals surface area contributed by atoms with E-state index in [-0.39, 0.29) is 25.5 Å². The van der Waals surface area contributed by atoms with Crippen molar-refractivity contribution in [2.24, 2.45) is 0 Å². The van der Waals surface area contributed by atoms with Crippen LogP contribution in [-0.4, -0.2) is 90.4 Å². The van der Waals surface area contributed by atoms with Crippen LogP contribution in [0.25, 0.3) is 0 Å². The minimum Gasteiger partial charge on any atom is -0.481 e. The molecule has 1 aliphatic heterocycles. The number of amides is 4. The van der Waals surface area contributed by atoms with E-state index in [4.69, 9.17) is 5.11 Å². The van der Waals surface area contributed by atoms with Crippen molar-refractivity contribution in [1.29, 1.82) is 0 Å². The van der Waals surface area contributed by atoms with Crippen LogP contribution in [0.3, 0.4) is 0 Å². The summed E-state index contributed by atoms with van der Waals surface area (Å²) in [5.74, 6) is -1.92. The van der Waals surface area contributed by atoms with Gasteiger partial charge in [-0.1, -0.05) is 0 Å². The molecule has 0 aromatic heterocycles. The van der Waals surface area contributed by atoms with Gasteiger partial charge in [-0.05, 0) is 0 Å². The number of carbonyl (C=O) groups is 4. The van der Waals surface area contributed by atoms with Crippen molar-refractivity contribution in [3.63, 3.8) is 0 Å². The number of carboxylic acids is 1. The summed E-state index contributed by atoms with van der Waals surface area (Å²) in [6, 6.07) is -1.59. The zero-order valence-electron chi connectivity index (χ0n) is 12.3. The van der Waals surface area contributed by atoms with Crippen LogP contribution in [0.15, 0.2) is 0 Å². The zero-order chi connectivity index (χ0) is 16.2. The molecule has 1 saturated heterocycles. The lowest BCUT2D eigenvalue weighted by Crippen LogP contribution is -2.60. The van der Waals surface area contributed by atoms with Gasteiger partial charge in [-0.3, -0.25) is 14.4 Å². The highest BCUT2D eigenvalue weighted by Crippen LogP contribution is 2.11. The van der Waals surface area contributed by atoms with Gasteiger partial charge in [0.05, 0.1) is 6.42 Å². The van der Waals surface area contributed by atoms with Crippen molar-refractivity contribution in [2.75, 3.05) is 40.8 Å². The van der Waals surface area contributed by atoms with E-state index in [1.165, 1.54) is 21.7 Å². The van der Waals surface area contributed by atoms with Gasteiger partial charge in [-0.2, -0.15) is 0 Å². The lowest BCUT2D eigenvalue weighted by molar-refractivity contribution is -0.142. The molecule has 1 heterocycles. The maximum Gasteiger partial charge on any atom is 0.320 e. The summed E-state index contributed by atoms with van der Waals surface area (Å²) >= 11 is 0. The molecule has 118 valence electrons. The van der Waals surface area contributed by atoms with Gasteiger partial charge >= 0.3 is 12.0 Å². The van der Waals surface area contributed by atoms with E-state index in [0.29, 0.717) is 0 Å². The lowest BCUT2D eigenvalue weighted by atomic mass is 10.1. The minimum atomic E-state index is -1.16. The minimum absolute atomic E-state index is 0.135. The average molecular weight is 300 g/mol. The van der Waals surface area contributed by atoms with E-state index >= 15 is 0 Å². The highest BCUT2D eigenvalue weighted by molar-refractivity contribution is 5.92. The Balaban J connectivity index is 2.79. The van der Waals surface area contributed by atoms with E-state index < -0.39 is 30.4 Å². The first-order valence-electron chi connectivity index (χ1n) is 6.45. The molecule has 1 unspecified atom stereocenters. The highest BCUT2D eigenvalue weighted by atomic mass is 16.4. The van der Waals surface area contributed by atoms with Crippen LogP contribution in [-0.2, 0) is 14.4 Å². The molecule has 1 atom stereocenters. The standard InChI is InChI=1S/C12H20N4O5/c1-14(2)9(17)7-15(3)12(21)16-5-4-13-11(20)8(16)6-10(18)19/h8H,4-7H2,1-3H3,(H,13,20)(H,18,19). The third-order valence-electron chi connectivity index (χ3n) is 3.14. The molecule has 0 aliphatic carbocycles. The molecule has 9 heteroatoms. The quantitative estimate of drug-likeness (QED) is 0.650. The van der Waals surface area contributed by atoms with Gasteiger partial charge in [0.1, 0.15) is 12.6 Å². The zero-order valence-corrected chi connectivity index (χ0v) is 12.3. The number of aliphatic carboxylic acids is 1. The van der Waals surface area contributed by atoms with Gasteiger partial charge in [0.25, 0.3) is 0 Å². The van der Waals surface area contributed by atoms with Gasteiger partial charge in [-0.15, -0.1) is 0 Å². The molecule has 0 aromatic carbocycles. The van der Waals surface area contributed by atoms with Crippen molar-refractivity contribution >= 4 is 23.8 Å². The lowest BCUT2D eigenvalue weighted by Gasteiger charge is -2.36. The molecule has 21 heavy (non-hydrogen) atoms. The Morgan fingerprint density at radius 3 is 2.48 bits per heavy atom. The van der Waals surface area contributed by atoms with E-state index in [0.717, 1.165) is 0 Å². The summed E-state index contributed by atoms with van der Waals surface area (Å²) in [6.45, 7) is 0.336. The van der Waals surface area contributed by atoms with E-state index in [2.05, 4.69) is 5.32 Å². The van der Waals surface area contributed by atoms with Crippen molar-refractivity contribution in [3.8, 4) is 0 Å². The van der Waals surface area contributed by atoms with E-state index in [1.807, 2.05) is 0 Å². The van der Waals surface area contributed by atoms with Crippen LogP contribution in [0.2, 0.25) is 0 Å². The molecule has 1 fully saturated rings. The molecule has 0 saturated carbocycles. The summed E-state index contributed by atoms with van der Waals surface area (Å²) in [7, 11) is 4.58. The summed E-state index contributed by atoms with van der Waals surface area (Å²) in [5.41, 5.74) is 0. The first-order valence-corrected chi connectivity index (χ1v) is 6.45. The van der Waals surface area contributed by atoms with Crippen LogP contribution >= 0.6 is 0 Å². The largest absolute Gasteiger partial charge is 0.481 e. The second-order valence-corrected chi connectivity index (χ2v) is 5.02. The third-order valence-corrected chi connectivity index (χ3v) is 3.14. The Kier molecular flexibility index (Phi) is 5.51. The predicted octanol–water partition coefficient (Wildman–Crippen LogP) is -1.60. The molecule has 1 rings (SSSR count). The third kappa shape index (κ3) is 4.33. The number of nitrogens with zero attached hydrogens (tertiary/aromatic N) is 3. The predicted molar refractivity (Wildman–Crippen MR) is 72.5 cm³/mol. The van der Waals surface area contributed by atoms with Crippen molar-refractivity contribution in [2.45, 2.75) is 12.5 Å². The van der Waals surface area contributed by atoms with Gasteiger partial charge < -0.3 is 25.1 Å². The van der Waals surface area contributed by atoms with Crippen LogP contribution in [0, 0.1) is 0 Å². The SMILES string of the molecule is CN(C)C(=O)CN(C)C(=O)N1CCNC(=O)C1CC(=O)O. The van der Waals surface area contributed by atoms with Crippen molar-refractivity contribution in [1.82, 2.24) is 20.0 Å². The number of rotatable bonds is 4. The molecule has 9 nitrogen and oxygen atoms in total. The highest BCUT2D eigenvalue weighted by Gasteiger charge is 2.36. The second kappa shape index (κ2) is 6.91. The first-order chi connectivity index (χ1) is 9.73. The monoisotopic (exact) mass is 300 g/mol. The number of likely N-dealkylation sites (N-methyl/N-ethyl adjacent to an activating group) is 2. The first kappa shape index (κ1) is 16.7. The van der Waals surface area contributed by atoms with Gasteiger partial charge in [-0.25, -0.2) is 4.79 Å². The maximum absolute atomic E-state index is 12.3. The maximum atomic E-state index is 12.3. The van der Waals surface area contributed by atoms with Crippen LogP contribution in [0.4, 0.5) is 4.79 Å². The van der Waals surface area contributed by atoms with E-state index in [9.17, 15) is 19.2 Å². The summed E-state index contributed by atoms with van der Waals surface area (Å²) in [5, 5.41) is 11.4. The molecule has 2 N–H and O–H groups in total. The Bertz CT molecular complexity index is 451. The summed E-state index contributed by atoms with van der Waals surface area (Å²) < 4.78 is 0. The van der Waals surface area contributed by atoms with Crippen molar-refractivity contribution < 1.29 is 24.3 Å². The summed E-state index contributed by atoms with van der Waals surface area (Å²) in [6.07, 6.45) is -0.465. The molecular weight excluding hydrogens is 280 g/mol. The normalized spacial score (nSPS) is 18.0. The number of carbonyl (C=O) groups excluding carboxylic acids is 3. The number of hydrogen-bond donors (Lipinski definition) is 2. The molecule has 0 bridgehead atoms. The van der Waals surface area contributed by atoms with Gasteiger partial charge in [0, 0.05) is 34.2 Å². The Morgan fingerprint density at radius 2 is 1.95 bits per heavy atom. The number of piperazine rings is 1. The fourth-order valence-electron chi connectivity index (χ4n) is 1.94. The number of hydrogen-bond acceptors (Lipinski definition) is 4. The fourth-order valence-corrected chi connectivity index (χ4v) is 1.94. The van der Waals surface area contributed by atoms with Crippen LogP contribution < -0.4 is 5.32 Å². The molecule has 1 aliphatic rings. The number of nitrogens with one attached hydrogen (secondary N) is 1. The average Bonchev–Trinajstić information content (AvgIpc) is 2.39. The molecule has 4 amide bonds. The van der Waals surface area contributed by atoms with Crippen molar-refractivity contribution in [3.05, 3.63) is 0 Å². The van der Waals surface area contributed by atoms with Gasteiger partial charge in [0.15, 0.2) is 0 Å². The number of carboxylic acid groups (broad SMARTS) is 1. The second-order valence-electron chi connectivity index (χ2n) is 5.02. The van der Waals surface area contributed by atoms with Gasteiger partial charge in [0.2, 0.25) is 11.8 Å². The Morgan fingerprint density at radius 1 is 1.33 bits per heavy atom.